The molecule has 1 fully saturated rings. The maximum atomic E-state index is 12.9. The monoisotopic (exact) mass is 297 g/mol. The fourth-order valence-corrected chi connectivity index (χ4v) is 3.42. The lowest BCUT2D eigenvalue weighted by Crippen LogP contribution is -2.44. The van der Waals surface area contributed by atoms with Crippen molar-refractivity contribution in [3.8, 4) is 0 Å². The summed E-state index contributed by atoms with van der Waals surface area (Å²) in [5, 5.41) is 0. The van der Waals surface area contributed by atoms with Crippen LogP contribution in [0.15, 0.2) is 18.2 Å². The molecular weight excluding hydrogens is 279 g/mol. The summed E-state index contributed by atoms with van der Waals surface area (Å²) < 4.78 is 38.6. The summed E-state index contributed by atoms with van der Waals surface area (Å²) in [6, 6.07) is 5.60. The minimum absolute atomic E-state index is 0.125. The lowest BCUT2D eigenvalue weighted by Gasteiger charge is -2.34. The van der Waals surface area contributed by atoms with Crippen molar-refractivity contribution in [3.63, 3.8) is 0 Å². The molecule has 2 nitrogen and oxygen atoms in total. The van der Waals surface area contributed by atoms with Crippen molar-refractivity contribution < 1.29 is 18.0 Å². The molecule has 1 atom stereocenters. The van der Waals surface area contributed by atoms with Crippen LogP contribution in [0.25, 0.3) is 0 Å². The minimum atomic E-state index is -4.21. The molecule has 0 spiro atoms. The van der Waals surface area contributed by atoms with Gasteiger partial charge in [0.2, 0.25) is 0 Å². The Bertz CT molecular complexity index is 553. The smallest absolute Gasteiger partial charge is 0.338 e. The maximum absolute atomic E-state index is 12.9. The molecular formula is C16H18F3NO. The second-order valence-electron chi connectivity index (χ2n) is 5.93. The Balaban J connectivity index is 1.81. The number of likely N-dealkylation sites (tertiary alicyclic amines) is 1. The molecule has 0 aromatic heterocycles. The number of amides is 1. The van der Waals surface area contributed by atoms with Gasteiger partial charge in [-0.15, -0.1) is 0 Å². The van der Waals surface area contributed by atoms with E-state index in [0.717, 1.165) is 24.8 Å². The number of halogens is 3. The van der Waals surface area contributed by atoms with Gasteiger partial charge in [0.1, 0.15) is 0 Å². The third-order valence-corrected chi connectivity index (χ3v) is 4.55. The van der Waals surface area contributed by atoms with E-state index in [2.05, 4.69) is 0 Å². The molecule has 1 aliphatic carbocycles. The first-order chi connectivity index (χ1) is 9.97. The molecule has 2 aliphatic rings. The highest BCUT2D eigenvalue weighted by molar-refractivity contribution is 5.96. The van der Waals surface area contributed by atoms with E-state index in [0.29, 0.717) is 18.5 Å². The Morgan fingerprint density at radius 1 is 1.19 bits per heavy atom. The molecule has 1 saturated heterocycles. The predicted molar refractivity (Wildman–Crippen MR) is 73.1 cm³/mol. The largest absolute Gasteiger partial charge is 0.393 e. The van der Waals surface area contributed by atoms with Gasteiger partial charge in [0.05, 0.1) is 5.92 Å². The first-order valence-corrected chi connectivity index (χ1v) is 7.43. The molecule has 0 N–H and O–H groups in total. The number of aryl methyl sites for hydroxylation is 1. The molecule has 3 rings (SSSR count). The second-order valence-corrected chi connectivity index (χ2v) is 5.93. The van der Waals surface area contributed by atoms with Crippen molar-refractivity contribution in [1.29, 1.82) is 0 Å². The van der Waals surface area contributed by atoms with E-state index in [4.69, 9.17) is 0 Å². The van der Waals surface area contributed by atoms with E-state index in [9.17, 15) is 18.0 Å². The second kappa shape index (κ2) is 5.35. The van der Waals surface area contributed by atoms with Gasteiger partial charge in [-0.1, -0.05) is 12.1 Å². The van der Waals surface area contributed by atoms with Gasteiger partial charge >= 0.3 is 6.18 Å². The third kappa shape index (κ3) is 2.78. The summed E-state index contributed by atoms with van der Waals surface area (Å²) in [7, 11) is 0. The van der Waals surface area contributed by atoms with E-state index in [1.165, 1.54) is 10.5 Å². The van der Waals surface area contributed by atoms with Crippen LogP contribution < -0.4 is 0 Å². The summed E-state index contributed by atoms with van der Waals surface area (Å²) in [6.45, 7) is 0.223. The molecule has 0 saturated carbocycles. The number of alkyl halides is 3. The number of nitrogens with zero attached hydrogens (tertiary/aromatic N) is 1. The predicted octanol–water partition coefficient (Wildman–Crippen LogP) is 3.59. The number of benzene rings is 1. The third-order valence-electron chi connectivity index (χ3n) is 4.55. The van der Waals surface area contributed by atoms with E-state index in [1.54, 1.807) is 6.07 Å². The van der Waals surface area contributed by atoms with Crippen LogP contribution in [-0.4, -0.2) is 30.1 Å². The Morgan fingerprint density at radius 3 is 2.76 bits per heavy atom. The molecule has 1 aromatic carbocycles. The molecule has 114 valence electrons. The maximum Gasteiger partial charge on any atom is 0.393 e. The van der Waals surface area contributed by atoms with Crippen LogP contribution >= 0.6 is 0 Å². The Labute approximate surface area is 121 Å². The molecule has 0 radical (unpaired) electrons. The quantitative estimate of drug-likeness (QED) is 0.775. The molecule has 1 aliphatic heterocycles. The molecule has 0 bridgehead atoms. The Kier molecular flexibility index (Phi) is 3.68. The number of hydrogen-bond acceptors (Lipinski definition) is 1. The zero-order valence-corrected chi connectivity index (χ0v) is 11.7. The summed E-state index contributed by atoms with van der Waals surface area (Å²) in [6.07, 6.45) is -0.830. The topological polar surface area (TPSA) is 20.3 Å². The van der Waals surface area contributed by atoms with Crippen LogP contribution in [0.4, 0.5) is 13.2 Å². The van der Waals surface area contributed by atoms with Crippen LogP contribution in [0.2, 0.25) is 0 Å². The van der Waals surface area contributed by atoms with Gasteiger partial charge in [0, 0.05) is 18.7 Å². The number of carbonyl (C=O) groups excluding carboxylic acids is 1. The number of fused-ring (bicyclic) bond motifs is 1. The summed E-state index contributed by atoms with van der Waals surface area (Å²) in [4.78, 5) is 14.0. The average Bonchev–Trinajstić information content (AvgIpc) is 2.94. The van der Waals surface area contributed by atoms with E-state index in [-0.39, 0.29) is 18.9 Å². The van der Waals surface area contributed by atoms with Crippen molar-refractivity contribution >= 4 is 5.91 Å². The summed E-state index contributed by atoms with van der Waals surface area (Å²) in [5.74, 6) is -1.62. The van der Waals surface area contributed by atoms with Crippen molar-refractivity contribution in [1.82, 2.24) is 4.90 Å². The van der Waals surface area contributed by atoms with Gasteiger partial charge in [-0.05, 0) is 49.3 Å². The van der Waals surface area contributed by atoms with E-state index >= 15 is 0 Å². The molecule has 1 aromatic rings. The highest BCUT2D eigenvalue weighted by atomic mass is 19.4. The van der Waals surface area contributed by atoms with E-state index in [1.807, 2.05) is 12.1 Å². The van der Waals surface area contributed by atoms with Crippen LogP contribution in [0.5, 0.6) is 0 Å². The summed E-state index contributed by atoms with van der Waals surface area (Å²) in [5.41, 5.74) is 2.81. The van der Waals surface area contributed by atoms with Crippen LogP contribution in [0.1, 0.15) is 40.7 Å². The van der Waals surface area contributed by atoms with Crippen LogP contribution in [-0.2, 0) is 12.8 Å². The number of rotatable bonds is 1. The van der Waals surface area contributed by atoms with Gasteiger partial charge in [0.15, 0.2) is 0 Å². The fourth-order valence-electron chi connectivity index (χ4n) is 3.42. The van der Waals surface area contributed by atoms with Crippen molar-refractivity contribution in [2.24, 2.45) is 5.92 Å². The zero-order chi connectivity index (χ0) is 15.0. The molecule has 1 amide bonds. The standard InChI is InChI=1S/C16H18F3NO/c17-16(18,19)12-6-3-9-20(10-12)15(21)14-8-2-5-11-4-1-7-13(11)14/h2,5,8,12H,1,3-4,6-7,9-10H2. The van der Waals surface area contributed by atoms with Gasteiger partial charge in [0.25, 0.3) is 5.91 Å². The van der Waals surface area contributed by atoms with Crippen LogP contribution in [0, 0.1) is 5.92 Å². The first kappa shape index (κ1) is 14.4. The number of piperidine rings is 1. The normalized spacial score (nSPS) is 22.2. The van der Waals surface area contributed by atoms with Gasteiger partial charge < -0.3 is 4.90 Å². The lowest BCUT2D eigenvalue weighted by molar-refractivity contribution is -0.184. The van der Waals surface area contributed by atoms with Crippen LogP contribution in [0.3, 0.4) is 0 Å². The number of carbonyl (C=O) groups is 1. The minimum Gasteiger partial charge on any atom is -0.338 e. The lowest BCUT2D eigenvalue weighted by atomic mass is 9.95. The van der Waals surface area contributed by atoms with Gasteiger partial charge in [-0.2, -0.15) is 13.2 Å². The zero-order valence-electron chi connectivity index (χ0n) is 11.7. The van der Waals surface area contributed by atoms with Gasteiger partial charge in [-0.25, -0.2) is 0 Å². The molecule has 1 unspecified atom stereocenters. The Hall–Kier alpha value is -1.52. The molecule has 5 heteroatoms. The first-order valence-electron chi connectivity index (χ1n) is 7.43. The van der Waals surface area contributed by atoms with E-state index < -0.39 is 12.1 Å². The molecule has 1 heterocycles. The highest BCUT2D eigenvalue weighted by Crippen LogP contribution is 2.34. The van der Waals surface area contributed by atoms with Crippen molar-refractivity contribution in [2.75, 3.05) is 13.1 Å². The van der Waals surface area contributed by atoms with Crippen molar-refractivity contribution in [2.45, 2.75) is 38.3 Å². The summed E-state index contributed by atoms with van der Waals surface area (Å²) >= 11 is 0. The SMILES string of the molecule is O=C(c1cccc2c1CCC2)N1CCCC(C(F)(F)F)C1. The highest BCUT2D eigenvalue weighted by Gasteiger charge is 2.43. The Morgan fingerprint density at radius 2 is 2.00 bits per heavy atom. The average molecular weight is 297 g/mol. The number of hydrogen-bond donors (Lipinski definition) is 0. The molecule has 21 heavy (non-hydrogen) atoms. The van der Waals surface area contributed by atoms with Gasteiger partial charge in [-0.3, -0.25) is 4.79 Å². The fraction of sp³-hybridized carbons (Fsp3) is 0.562. The van der Waals surface area contributed by atoms with Crippen molar-refractivity contribution in [3.05, 3.63) is 34.9 Å².